The predicted octanol–water partition coefficient (Wildman–Crippen LogP) is 4.46. The fourth-order valence-electron chi connectivity index (χ4n) is 2.03. The highest BCUT2D eigenvalue weighted by Gasteiger charge is 2.22. The lowest BCUT2D eigenvalue weighted by molar-refractivity contribution is 0.414. The molecule has 0 aromatic heterocycles. The smallest absolute Gasteiger partial charge is 0.00780 e. The molecule has 14 heavy (non-hydrogen) atoms. The first-order valence-corrected chi connectivity index (χ1v) is 5.69. The third-order valence-electron chi connectivity index (χ3n) is 3.33. The van der Waals surface area contributed by atoms with Crippen molar-refractivity contribution < 1.29 is 0 Å². The Morgan fingerprint density at radius 1 is 1.07 bits per heavy atom. The first kappa shape index (κ1) is 11.3. The molecule has 0 spiro atoms. The minimum Gasteiger partial charge on any atom is -0.0654 e. The first-order chi connectivity index (χ1) is 6.62. The van der Waals surface area contributed by atoms with E-state index < -0.39 is 0 Å². The van der Waals surface area contributed by atoms with Crippen LogP contribution in [0.15, 0.2) is 24.3 Å². The number of hydrogen-bond donors (Lipinski definition) is 0. The highest BCUT2D eigenvalue weighted by molar-refractivity contribution is 5.27. The lowest BCUT2D eigenvalue weighted by atomic mass is 9.76. The Morgan fingerprint density at radius 2 is 1.64 bits per heavy atom. The molecule has 1 atom stereocenters. The van der Waals surface area contributed by atoms with Crippen LogP contribution in [0.2, 0.25) is 0 Å². The van der Waals surface area contributed by atoms with E-state index in [1.165, 1.54) is 30.4 Å². The van der Waals surface area contributed by atoms with Gasteiger partial charge in [0.25, 0.3) is 0 Å². The topological polar surface area (TPSA) is 0 Å². The van der Waals surface area contributed by atoms with Crippen molar-refractivity contribution in [2.75, 3.05) is 0 Å². The molecule has 1 aromatic carbocycles. The molecule has 0 bridgehead atoms. The van der Waals surface area contributed by atoms with Gasteiger partial charge in [0.1, 0.15) is 0 Å². The Balaban J connectivity index is 2.94. The van der Waals surface area contributed by atoms with Crippen LogP contribution >= 0.6 is 0 Å². The predicted molar refractivity (Wildman–Crippen MR) is 63.7 cm³/mol. The standard InChI is InChI=1S/C14H22/c1-5-11-14(4,6-2)13-9-7-12(3)8-10-13/h7-10H,5-6,11H2,1-4H3. The van der Waals surface area contributed by atoms with E-state index in [0.717, 1.165) is 0 Å². The third-order valence-corrected chi connectivity index (χ3v) is 3.33. The number of aryl methyl sites for hydroxylation is 1. The van der Waals surface area contributed by atoms with Crippen molar-refractivity contribution in [3.05, 3.63) is 35.4 Å². The zero-order valence-electron chi connectivity index (χ0n) is 9.93. The van der Waals surface area contributed by atoms with Crippen molar-refractivity contribution in [2.45, 2.75) is 52.4 Å². The zero-order chi connectivity index (χ0) is 10.6. The Hall–Kier alpha value is -0.780. The normalized spacial score (nSPS) is 15.1. The number of hydrogen-bond acceptors (Lipinski definition) is 0. The van der Waals surface area contributed by atoms with Crippen molar-refractivity contribution in [3.63, 3.8) is 0 Å². The Labute approximate surface area is 88.4 Å². The summed E-state index contributed by atoms with van der Waals surface area (Å²) >= 11 is 0. The van der Waals surface area contributed by atoms with Crippen molar-refractivity contribution in [2.24, 2.45) is 0 Å². The van der Waals surface area contributed by atoms with Crippen molar-refractivity contribution in [1.29, 1.82) is 0 Å². The van der Waals surface area contributed by atoms with E-state index in [9.17, 15) is 0 Å². The average Bonchev–Trinajstić information content (AvgIpc) is 2.19. The van der Waals surface area contributed by atoms with Crippen molar-refractivity contribution >= 4 is 0 Å². The molecular weight excluding hydrogens is 168 g/mol. The Bertz CT molecular complexity index is 271. The molecule has 0 aliphatic carbocycles. The van der Waals surface area contributed by atoms with Crippen LogP contribution in [0, 0.1) is 6.92 Å². The molecule has 0 aliphatic heterocycles. The van der Waals surface area contributed by atoms with Crippen LogP contribution in [0.4, 0.5) is 0 Å². The SMILES string of the molecule is CCCC(C)(CC)c1ccc(C)cc1. The van der Waals surface area contributed by atoms with Crippen LogP contribution in [0.3, 0.4) is 0 Å². The summed E-state index contributed by atoms with van der Waals surface area (Å²) < 4.78 is 0. The highest BCUT2D eigenvalue weighted by Crippen LogP contribution is 2.32. The van der Waals surface area contributed by atoms with Crippen LogP contribution in [0.5, 0.6) is 0 Å². The summed E-state index contributed by atoms with van der Waals surface area (Å²) in [5.74, 6) is 0. The van der Waals surface area contributed by atoms with E-state index in [2.05, 4.69) is 52.0 Å². The molecule has 0 heterocycles. The maximum Gasteiger partial charge on any atom is -0.00780 e. The van der Waals surface area contributed by atoms with E-state index in [4.69, 9.17) is 0 Å². The van der Waals surface area contributed by atoms with E-state index in [0.29, 0.717) is 5.41 Å². The molecule has 0 radical (unpaired) electrons. The van der Waals surface area contributed by atoms with Gasteiger partial charge in [0.2, 0.25) is 0 Å². The summed E-state index contributed by atoms with van der Waals surface area (Å²) in [6.45, 7) is 9.08. The van der Waals surface area contributed by atoms with Crippen LogP contribution in [-0.4, -0.2) is 0 Å². The van der Waals surface area contributed by atoms with E-state index >= 15 is 0 Å². The molecule has 0 N–H and O–H groups in total. The quantitative estimate of drug-likeness (QED) is 0.657. The molecular formula is C14H22. The molecule has 0 amide bonds. The number of rotatable bonds is 4. The molecule has 78 valence electrons. The first-order valence-electron chi connectivity index (χ1n) is 5.69. The van der Waals surface area contributed by atoms with Gasteiger partial charge >= 0.3 is 0 Å². The zero-order valence-corrected chi connectivity index (χ0v) is 9.93. The van der Waals surface area contributed by atoms with E-state index in [-0.39, 0.29) is 0 Å². The van der Waals surface area contributed by atoms with Crippen LogP contribution < -0.4 is 0 Å². The second kappa shape index (κ2) is 4.63. The molecule has 1 aromatic rings. The van der Waals surface area contributed by atoms with Gasteiger partial charge in [-0.15, -0.1) is 0 Å². The molecule has 1 unspecified atom stereocenters. The summed E-state index contributed by atoms with van der Waals surface area (Å²) in [6.07, 6.45) is 3.77. The van der Waals surface area contributed by atoms with Crippen LogP contribution in [-0.2, 0) is 5.41 Å². The van der Waals surface area contributed by atoms with Gasteiger partial charge in [0.15, 0.2) is 0 Å². The van der Waals surface area contributed by atoms with Gasteiger partial charge in [0, 0.05) is 0 Å². The lowest BCUT2D eigenvalue weighted by Crippen LogP contribution is -2.20. The maximum atomic E-state index is 2.38. The molecule has 0 aliphatic rings. The van der Waals surface area contributed by atoms with Gasteiger partial charge < -0.3 is 0 Å². The fraction of sp³-hybridized carbons (Fsp3) is 0.571. The van der Waals surface area contributed by atoms with Gasteiger partial charge in [-0.1, -0.05) is 57.0 Å². The fourth-order valence-corrected chi connectivity index (χ4v) is 2.03. The van der Waals surface area contributed by atoms with Crippen LogP contribution in [0.25, 0.3) is 0 Å². The second-order valence-electron chi connectivity index (χ2n) is 4.53. The number of benzene rings is 1. The Kier molecular flexibility index (Phi) is 3.74. The van der Waals surface area contributed by atoms with Gasteiger partial charge in [-0.3, -0.25) is 0 Å². The van der Waals surface area contributed by atoms with Gasteiger partial charge in [0.05, 0.1) is 0 Å². The van der Waals surface area contributed by atoms with Gasteiger partial charge in [-0.25, -0.2) is 0 Å². The summed E-state index contributed by atoms with van der Waals surface area (Å²) in [6, 6.07) is 9.01. The molecule has 0 nitrogen and oxygen atoms in total. The maximum absolute atomic E-state index is 2.38. The van der Waals surface area contributed by atoms with Crippen LogP contribution in [0.1, 0.15) is 51.2 Å². The summed E-state index contributed by atoms with van der Waals surface area (Å²) in [5, 5.41) is 0. The van der Waals surface area contributed by atoms with E-state index in [1.807, 2.05) is 0 Å². The van der Waals surface area contributed by atoms with Gasteiger partial charge in [-0.2, -0.15) is 0 Å². The summed E-state index contributed by atoms with van der Waals surface area (Å²) in [4.78, 5) is 0. The average molecular weight is 190 g/mol. The van der Waals surface area contributed by atoms with Crippen molar-refractivity contribution in [3.8, 4) is 0 Å². The summed E-state index contributed by atoms with van der Waals surface area (Å²) in [7, 11) is 0. The monoisotopic (exact) mass is 190 g/mol. The minimum absolute atomic E-state index is 0.377. The van der Waals surface area contributed by atoms with Gasteiger partial charge in [-0.05, 0) is 30.7 Å². The summed E-state index contributed by atoms with van der Waals surface area (Å²) in [5.41, 5.74) is 3.22. The second-order valence-corrected chi connectivity index (χ2v) is 4.53. The van der Waals surface area contributed by atoms with Crippen molar-refractivity contribution in [1.82, 2.24) is 0 Å². The van der Waals surface area contributed by atoms with E-state index in [1.54, 1.807) is 0 Å². The molecule has 0 saturated carbocycles. The lowest BCUT2D eigenvalue weighted by Gasteiger charge is -2.28. The molecule has 0 heteroatoms. The third kappa shape index (κ3) is 2.37. The minimum atomic E-state index is 0.377. The highest BCUT2D eigenvalue weighted by atomic mass is 14.3. The Morgan fingerprint density at radius 3 is 2.07 bits per heavy atom. The molecule has 0 saturated heterocycles. The molecule has 1 rings (SSSR count). The molecule has 0 fully saturated rings. The largest absolute Gasteiger partial charge is 0.0654 e.